The minimum Gasteiger partial charge on any atom is -0.323 e. The maximum Gasteiger partial charge on any atom is 0.392 e. The molecule has 0 saturated heterocycles. The summed E-state index contributed by atoms with van der Waals surface area (Å²) in [5.74, 6) is -4.23. The van der Waals surface area contributed by atoms with Crippen molar-refractivity contribution < 1.29 is 35.5 Å². The van der Waals surface area contributed by atoms with Gasteiger partial charge in [0.1, 0.15) is 7.14 Å². The van der Waals surface area contributed by atoms with Crippen LogP contribution < -0.4 is 0 Å². The maximum atomic E-state index is 14.7. The number of hydrogen-bond acceptors (Lipinski definition) is 2. The van der Waals surface area contributed by atoms with Crippen molar-refractivity contribution in [2.75, 3.05) is 5.90 Å². The van der Waals surface area contributed by atoms with Crippen LogP contribution in [0.15, 0.2) is 0 Å². The summed E-state index contributed by atoms with van der Waals surface area (Å²) in [6.07, 6.45) is -8.20. The van der Waals surface area contributed by atoms with Crippen molar-refractivity contribution in [2.24, 2.45) is 11.8 Å². The van der Waals surface area contributed by atoms with Gasteiger partial charge in [-0.15, -0.1) is 0 Å². The van der Waals surface area contributed by atoms with Crippen molar-refractivity contribution in [1.29, 1.82) is 0 Å². The minimum atomic E-state index is -4.62. The third kappa shape index (κ3) is 5.76. The van der Waals surface area contributed by atoms with Crippen LogP contribution in [0.4, 0.5) is 26.3 Å². The van der Waals surface area contributed by atoms with E-state index in [0.717, 1.165) is 0 Å². The standard InChI is InChI=1S/C21H36F6O2P2/c1-14(2)30(28,15(3)4)13-31(29,18-11-7-5-9-16(18)20(22,23)24)19-12-8-6-10-17(19)21(25,26)27/h14-19H,5-13H2,1-4H3. The van der Waals surface area contributed by atoms with Crippen LogP contribution in [-0.2, 0) is 9.13 Å². The Kier molecular flexibility index (Phi) is 8.56. The van der Waals surface area contributed by atoms with Crippen LogP contribution in [0.25, 0.3) is 0 Å². The lowest BCUT2D eigenvalue weighted by molar-refractivity contribution is -0.183. The highest BCUT2D eigenvalue weighted by Gasteiger charge is 2.60. The summed E-state index contributed by atoms with van der Waals surface area (Å²) >= 11 is 0. The Morgan fingerprint density at radius 1 is 0.677 bits per heavy atom. The Labute approximate surface area is 182 Å². The fraction of sp³-hybridized carbons (Fsp3) is 1.00. The van der Waals surface area contributed by atoms with E-state index in [0.29, 0.717) is 25.7 Å². The van der Waals surface area contributed by atoms with Gasteiger partial charge in [0.05, 0.1) is 24.9 Å². The first-order chi connectivity index (χ1) is 14.0. The molecule has 0 aromatic rings. The second-order valence-corrected chi connectivity index (χ2v) is 18.0. The molecule has 4 unspecified atom stereocenters. The summed E-state index contributed by atoms with van der Waals surface area (Å²) in [5.41, 5.74) is -3.61. The molecule has 10 heteroatoms. The summed E-state index contributed by atoms with van der Waals surface area (Å²) in [5, 5.41) is 0. The average molecular weight is 496 g/mol. The second kappa shape index (κ2) is 9.72. The van der Waals surface area contributed by atoms with Crippen molar-refractivity contribution in [3.05, 3.63) is 0 Å². The zero-order valence-corrected chi connectivity index (χ0v) is 20.6. The van der Waals surface area contributed by atoms with Gasteiger partial charge in [0.15, 0.2) is 0 Å². The van der Waals surface area contributed by atoms with Crippen molar-refractivity contribution in [1.82, 2.24) is 0 Å². The van der Waals surface area contributed by atoms with Crippen molar-refractivity contribution >= 4 is 14.3 Å². The molecule has 4 atom stereocenters. The first-order valence-corrected chi connectivity index (χ1v) is 15.4. The first kappa shape index (κ1) is 27.3. The van der Waals surface area contributed by atoms with E-state index in [4.69, 9.17) is 0 Å². The Hall–Kier alpha value is 0.0400. The molecule has 0 heterocycles. The van der Waals surface area contributed by atoms with Crippen molar-refractivity contribution in [3.63, 3.8) is 0 Å². The topological polar surface area (TPSA) is 34.1 Å². The lowest BCUT2D eigenvalue weighted by atomic mass is 9.87. The summed E-state index contributed by atoms with van der Waals surface area (Å²) in [7, 11) is -7.38. The minimum absolute atomic E-state index is 0.00127. The van der Waals surface area contributed by atoms with E-state index in [2.05, 4.69) is 0 Å². The van der Waals surface area contributed by atoms with Gasteiger partial charge in [-0.2, -0.15) is 26.3 Å². The molecule has 184 valence electrons. The predicted octanol–water partition coefficient (Wildman–Crippen LogP) is 8.73. The molecule has 2 fully saturated rings. The van der Waals surface area contributed by atoms with Gasteiger partial charge in [-0.25, -0.2) is 0 Å². The molecule has 0 N–H and O–H groups in total. The smallest absolute Gasteiger partial charge is 0.323 e. The summed E-state index contributed by atoms with van der Waals surface area (Å²) < 4.78 is 112. The lowest BCUT2D eigenvalue weighted by Gasteiger charge is -2.47. The number of rotatable bonds is 6. The molecule has 2 nitrogen and oxygen atoms in total. The van der Waals surface area contributed by atoms with E-state index in [9.17, 15) is 35.5 Å². The van der Waals surface area contributed by atoms with Crippen LogP contribution in [0.5, 0.6) is 0 Å². The Bertz CT molecular complexity index is 651. The van der Waals surface area contributed by atoms with Gasteiger partial charge in [-0.3, -0.25) is 0 Å². The third-order valence-corrected chi connectivity index (χ3v) is 18.1. The Morgan fingerprint density at radius 2 is 1.00 bits per heavy atom. The van der Waals surface area contributed by atoms with Gasteiger partial charge in [0, 0.05) is 22.6 Å². The van der Waals surface area contributed by atoms with Gasteiger partial charge >= 0.3 is 12.4 Å². The summed E-state index contributed by atoms with van der Waals surface area (Å²) in [6.45, 7) is 6.70. The van der Waals surface area contributed by atoms with E-state index in [1.165, 1.54) is 0 Å². The molecular weight excluding hydrogens is 460 g/mol. The molecular formula is C21H36F6O2P2. The third-order valence-electron chi connectivity index (χ3n) is 7.61. The molecule has 0 radical (unpaired) electrons. The highest BCUT2D eigenvalue weighted by atomic mass is 31.2. The molecule has 2 rings (SSSR count). The van der Waals surface area contributed by atoms with Crippen LogP contribution >= 0.6 is 14.3 Å². The van der Waals surface area contributed by atoms with Gasteiger partial charge in [-0.05, 0) is 25.7 Å². The van der Waals surface area contributed by atoms with Gasteiger partial charge in [0.2, 0.25) is 0 Å². The molecule has 0 spiro atoms. The van der Waals surface area contributed by atoms with E-state index in [-0.39, 0.29) is 25.7 Å². The van der Waals surface area contributed by atoms with Crippen LogP contribution in [0.1, 0.15) is 79.1 Å². The summed E-state index contributed by atoms with van der Waals surface area (Å²) in [4.78, 5) is 0. The Balaban J connectivity index is 2.66. The first-order valence-electron chi connectivity index (χ1n) is 11.4. The maximum absolute atomic E-state index is 14.7. The van der Waals surface area contributed by atoms with Gasteiger partial charge in [0.25, 0.3) is 0 Å². The zero-order chi connectivity index (χ0) is 23.8. The fourth-order valence-electron chi connectivity index (χ4n) is 5.76. The fourth-order valence-corrected chi connectivity index (χ4v) is 17.6. The van der Waals surface area contributed by atoms with E-state index in [1.54, 1.807) is 27.7 Å². The molecule has 2 aliphatic carbocycles. The van der Waals surface area contributed by atoms with Crippen LogP contribution in [0, 0.1) is 11.8 Å². The molecule has 31 heavy (non-hydrogen) atoms. The number of halogens is 6. The Morgan fingerprint density at radius 3 is 1.29 bits per heavy atom. The van der Waals surface area contributed by atoms with Crippen LogP contribution in [0.2, 0.25) is 0 Å². The van der Waals surface area contributed by atoms with Crippen LogP contribution in [-0.4, -0.2) is 40.9 Å². The normalized spacial score (nSPS) is 31.1. The lowest BCUT2D eigenvalue weighted by Crippen LogP contribution is -2.44. The van der Waals surface area contributed by atoms with E-state index >= 15 is 0 Å². The van der Waals surface area contributed by atoms with Gasteiger partial charge < -0.3 is 9.13 Å². The van der Waals surface area contributed by atoms with Crippen molar-refractivity contribution in [2.45, 2.75) is 114 Å². The number of hydrogen-bond donors (Lipinski definition) is 0. The summed E-state index contributed by atoms with van der Waals surface area (Å²) in [6, 6.07) is 0. The second-order valence-electron chi connectivity index (χ2n) is 10.0. The van der Waals surface area contributed by atoms with Gasteiger partial charge in [-0.1, -0.05) is 53.4 Å². The zero-order valence-electron chi connectivity index (χ0n) is 18.8. The average Bonchev–Trinajstić information content (AvgIpc) is 2.66. The highest BCUT2D eigenvalue weighted by Crippen LogP contribution is 2.75. The molecule has 0 bridgehead atoms. The highest BCUT2D eigenvalue weighted by molar-refractivity contribution is 7.82. The molecule has 0 aromatic heterocycles. The molecule has 0 aromatic carbocycles. The number of alkyl halides is 6. The van der Waals surface area contributed by atoms with E-state index < -0.39 is 67.0 Å². The van der Waals surface area contributed by atoms with Crippen molar-refractivity contribution in [3.8, 4) is 0 Å². The molecule has 2 aliphatic rings. The van der Waals surface area contributed by atoms with Crippen LogP contribution in [0.3, 0.4) is 0 Å². The molecule has 0 aliphatic heterocycles. The molecule has 2 saturated carbocycles. The monoisotopic (exact) mass is 496 g/mol. The molecule has 0 amide bonds. The largest absolute Gasteiger partial charge is 0.392 e. The SMILES string of the molecule is CC(C)P(=O)(CP(=O)(C1CCCCC1C(F)(F)F)C1CCCCC1C(F)(F)F)C(C)C. The predicted molar refractivity (Wildman–Crippen MR) is 114 cm³/mol. The van der Waals surface area contributed by atoms with E-state index in [1.807, 2.05) is 0 Å². The quantitative estimate of drug-likeness (QED) is 0.272.